The molecule has 7 heteroatoms. The maximum atomic E-state index is 12.6. The van der Waals surface area contributed by atoms with Crippen LogP contribution in [0.2, 0.25) is 5.02 Å². The van der Waals surface area contributed by atoms with E-state index in [4.69, 9.17) is 21.1 Å². The summed E-state index contributed by atoms with van der Waals surface area (Å²) in [6.45, 7) is 1.62. The molecular formula is C27H21ClN2O4. The molecule has 0 fully saturated rings. The number of amides is 1. The number of nitrogens with zero attached hydrogens (tertiary/aromatic N) is 1. The Balaban J connectivity index is 1.52. The van der Waals surface area contributed by atoms with Crippen molar-refractivity contribution in [2.45, 2.75) is 13.0 Å². The summed E-state index contributed by atoms with van der Waals surface area (Å²) >= 11 is 5.87. The van der Waals surface area contributed by atoms with Crippen molar-refractivity contribution < 1.29 is 19.1 Å². The number of esters is 1. The van der Waals surface area contributed by atoms with Crippen LogP contribution in [0.4, 0.5) is 0 Å². The third-order valence-corrected chi connectivity index (χ3v) is 5.26. The lowest BCUT2D eigenvalue weighted by atomic mass is 10.0. The van der Waals surface area contributed by atoms with Crippen molar-refractivity contribution in [2.24, 2.45) is 5.10 Å². The number of carbonyl (C=O) groups is 2. The van der Waals surface area contributed by atoms with Gasteiger partial charge < -0.3 is 9.47 Å². The normalized spacial score (nSPS) is 11.8. The van der Waals surface area contributed by atoms with Crippen LogP contribution in [0.15, 0.2) is 96.1 Å². The van der Waals surface area contributed by atoms with Gasteiger partial charge in [0.1, 0.15) is 11.5 Å². The lowest BCUT2D eigenvalue weighted by Crippen LogP contribution is -2.33. The van der Waals surface area contributed by atoms with Gasteiger partial charge in [-0.15, -0.1) is 0 Å². The lowest BCUT2D eigenvalue weighted by molar-refractivity contribution is -0.127. The third-order valence-electron chi connectivity index (χ3n) is 5.01. The van der Waals surface area contributed by atoms with Crippen LogP contribution in [0.25, 0.3) is 10.8 Å². The number of fused-ring (bicyclic) bond motifs is 1. The highest BCUT2D eigenvalue weighted by molar-refractivity contribution is 6.30. The Morgan fingerprint density at radius 3 is 2.38 bits per heavy atom. The number of nitrogens with one attached hydrogen (secondary N) is 1. The van der Waals surface area contributed by atoms with Gasteiger partial charge in [0.2, 0.25) is 0 Å². The molecule has 4 rings (SSSR count). The second-order valence-electron chi connectivity index (χ2n) is 7.40. The van der Waals surface area contributed by atoms with Crippen molar-refractivity contribution in [2.75, 3.05) is 0 Å². The first-order chi connectivity index (χ1) is 16.5. The summed E-state index contributed by atoms with van der Waals surface area (Å²) in [5, 5.41) is 6.43. The lowest BCUT2D eigenvalue weighted by Gasteiger charge is -2.13. The predicted molar refractivity (Wildman–Crippen MR) is 133 cm³/mol. The quantitative estimate of drug-likeness (QED) is 0.164. The molecule has 0 heterocycles. The molecule has 0 saturated carbocycles. The topological polar surface area (TPSA) is 77.0 Å². The molecule has 0 aliphatic heterocycles. The van der Waals surface area contributed by atoms with Gasteiger partial charge in [-0.2, -0.15) is 5.10 Å². The number of hydrogen-bond acceptors (Lipinski definition) is 5. The zero-order valence-electron chi connectivity index (χ0n) is 18.3. The monoisotopic (exact) mass is 472 g/mol. The standard InChI is InChI=1S/C27H21ClN2O4/c1-18(33-22-14-12-21(28)13-15-22)26(31)30-29-17-24-23-10-6-5-7-19(23)11-16-25(24)34-27(32)20-8-3-2-4-9-20/h2-18H,1H3,(H,30,31). The van der Waals surface area contributed by atoms with Crippen molar-refractivity contribution in [3.05, 3.63) is 107 Å². The van der Waals surface area contributed by atoms with Gasteiger partial charge in [-0.1, -0.05) is 60.1 Å². The van der Waals surface area contributed by atoms with Gasteiger partial charge in [0.05, 0.1) is 11.8 Å². The molecule has 0 aliphatic carbocycles. The molecule has 0 aliphatic rings. The molecule has 0 saturated heterocycles. The number of halogens is 1. The zero-order valence-corrected chi connectivity index (χ0v) is 19.0. The largest absolute Gasteiger partial charge is 0.481 e. The second-order valence-corrected chi connectivity index (χ2v) is 7.84. The molecule has 34 heavy (non-hydrogen) atoms. The highest BCUT2D eigenvalue weighted by Gasteiger charge is 2.15. The average Bonchev–Trinajstić information content (AvgIpc) is 2.86. The second kappa shape index (κ2) is 10.6. The molecular weight excluding hydrogens is 452 g/mol. The van der Waals surface area contributed by atoms with Gasteiger partial charge in [0.15, 0.2) is 6.10 Å². The molecule has 0 radical (unpaired) electrons. The molecule has 170 valence electrons. The van der Waals surface area contributed by atoms with Gasteiger partial charge in [0.25, 0.3) is 5.91 Å². The summed E-state index contributed by atoms with van der Waals surface area (Å²) in [4.78, 5) is 25.1. The first-order valence-corrected chi connectivity index (χ1v) is 10.9. The van der Waals surface area contributed by atoms with E-state index in [1.807, 2.05) is 36.4 Å². The van der Waals surface area contributed by atoms with E-state index in [0.29, 0.717) is 27.6 Å². The molecule has 4 aromatic carbocycles. The van der Waals surface area contributed by atoms with Gasteiger partial charge in [-0.3, -0.25) is 4.79 Å². The van der Waals surface area contributed by atoms with Crippen LogP contribution in [-0.2, 0) is 4.79 Å². The number of ether oxygens (including phenoxy) is 2. The molecule has 1 N–H and O–H groups in total. The minimum Gasteiger partial charge on any atom is -0.481 e. The molecule has 1 unspecified atom stereocenters. The van der Waals surface area contributed by atoms with Crippen molar-refractivity contribution in [1.29, 1.82) is 0 Å². The number of hydrazone groups is 1. The van der Waals surface area contributed by atoms with Crippen LogP contribution < -0.4 is 14.9 Å². The first-order valence-electron chi connectivity index (χ1n) is 10.6. The van der Waals surface area contributed by atoms with Gasteiger partial charge >= 0.3 is 5.97 Å². The van der Waals surface area contributed by atoms with E-state index < -0.39 is 18.0 Å². The Morgan fingerprint density at radius 2 is 1.62 bits per heavy atom. The Kier molecular flexibility index (Phi) is 7.20. The van der Waals surface area contributed by atoms with E-state index in [0.717, 1.165) is 10.8 Å². The molecule has 4 aromatic rings. The van der Waals surface area contributed by atoms with Gasteiger partial charge in [-0.25, -0.2) is 10.2 Å². The van der Waals surface area contributed by atoms with Crippen LogP contribution in [0.5, 0.6) is 11.5 Å². The Morgan fingerprint density at radius 1 is 0.912 bits per heavy atom. The first kappa shape index (κ1) is 23.0. The number of benzene rings is 4. The van der Waals surface area contributed by atoms with Crippen LogP contribution in [0.3, 0.4) is 0 Å². The predicted octanol–water partition coefficient (Wildman–Crippen LogP) is 5.63. The van der Waals surface area contributed by atoms with Crippen molar-refractivity contribution >= 4 is 40.5 Å². The SMILES string of the molecule is CC(Oc1ccc(Cl)cc1)C(=O)NN=Cc1c(OC(=O)c2ccccc2)ccc2ccccc12. The third kappa shape index (κ3) is 5.60. The van der Waals surface area contributed by atoms with Crippen LogP contribution in [0.1, 0.15) is 22.8 Å². The van der Waals surface area contributed by atoms with E-state index in [1.165, 1.54) is 6.21 Å². The van der Waals surface area contributed by atoms with E-state index in [1.54, 1.807) is 61.5 Å². The Labute approximate surface area is 201 Å². The fourth-order valence-electron chi connectivity index (χ4n) is 3.25. The average molecular weight is 473 g/mol. The van der Waals surface area contributed by atoms with Crippen LogP contribution >= 0.6 is 11.6 Å². The highest BCUT2D eigenvalue weighted by Crippen LogP contribution is 2.27. The Hall–Kier alpha value is -4.16. The number of carbonyl (C=O) groups excluding carboxylic acids is 2. The fourth-order valence-corrected chi connectivity index (χ4v) is 3.38. The molecule has 0 aromatic heterocycles. The van der Waals surface area contributed by atoms with Crippen molar-refractivity contribution in [3.8, 4) is 11.5 Å². The van der Waals surface area contributed by atoms with Crippen molar-refractivity contribution in [3.63, 3.8) is 0 Å². The summed E-state index contributed by atoms with van der Waals surface area (Å²) in [5.74, 6) is -0.0787. The van der Waals surface area contributed by atoms with Gasteiger partial charge in [-0.05, 0) is 60.2 Å². The number of rotatable bonds is 7. The maximum absolute atomic E-state index is 12.6. The summed E-state index contributed by atoms with van der Waals surface area (Å²) in [5.41, 5.74) is 3.47. The summed E-state index contributed by atoms with van der Waals surface area (Å²) in [6.07, 6.45) is 0.671. The number of hydrogen-bond donors (Lipinski definition) is 1. The summed E-state index contributed by atoms with van der Waals surface area (Å²) in [6, 6.07) is 26.6. The Bertz CT molecular complexity index is 1340. The molecule has 1 amide bonds. The molecule has 1 atom stereocenters. The van der Waals surface area contributed by atoms with E-state index in [9.17, 15) is 9.59 Å². The van der Waals surface area contributed by atoms with Crippen molar-refractivity contribution in [1.82, 2.24) is 5.43 Å². The minimum absolute atomic E-state index is 0.330. The molecule has 6 nitrogen and oxygen atoms in total. The molecule has 0 bridgehead atoms. The summed E-state index contributed by atoms with van der Waals surface area (Å²) < 4.78 is 11.3. The maximum Gasteiger partial charge on any atom is 0.343 e. The fraction of sp³-hybridized carbons (Fsp3) is 0.0741. The van der Waals surface area contributed by atoms with Crippen LogP contribution in [0, 0.1) is 0 Å². The van der Waals surface area contributed by atoms with E-state index in [2.05, 4.69) is 10.5 Å². The zero-order chi connectivity index (χ0) is 23.9. The van der Waals surface area contributed by atoms with E-state index in [-0.39, 0.29) is 0 Å². The van der Waals surface area contributed by atoms with Crippen LogP contribution in [-0.4, -0.2) is 24.2 Å². The smallest absolute Gasteiger partial charge is 0.343 e. The molecule has 0 spiro atoms. The van der Waals surface area contributed by atoms with Gasteiger partial charge in [0, 0.05) is 10.6 Å². The van der Waals surface area contributed by atoms with E-state index >= 15 is 0 Å². The minimum atomic E-state index is -0.791. The highest BCUT2D eigenvalue weighted by atomic mass is 35.5. The summed E-state index contributed by atoms with van der Waals surface area (Å²) in [7, 11) is 0.